The van der Waals surface area contributed by atoms with Crippen LogP contribution in [0.15, 0.2) is 53.3 Å². The van der Waals surface area contributed by atoms with Crippen LogP contribution in [0.4, 0.5) is 0 Å². The Morgan fingerprint density at radius 3 is 2.75 bits per heavy atom. The minimum atomic E-state index is 0.117. The molecule has 4 aromatic rings. The zero-order valence-corrected chi connectivity index (χ0v) is 18.2. The van der Waals surface area contributed by atoms with Crippen molar-refractivity contribution in [3.05, 3.63) is 81.5 Å². The van der Waals surface area contributed by atoms with Gasteiger partial charge in [-0.25, -0.2) is 4.98 Å². The van der Waals surface area contributed by atoms with Crippen LogP contribution < -0.4 is 5.56 Å². The average molecular weight is 427 g/mol. The number of nitrogens with one attached hydrogen (secondary N) is 1. The maximum Gasteiger partial charge on any atom is 0.257 e. The summed E-state index contributed by atoms with van der Waals surface area (Å²) in [7, 11) is 0. The average Bonchev–Trinajstić information content (AvgIpc) is 3.53. The molecule has 3 heterocycles. The van der Waals surface area contributed by atoms with Crippen molar-refractivity contribution in [3.63, 3.8) is 0 Å². The van der Waals surface area contributed by atoms with E-state index in [0.29, 0.717) is 12.2 Å². The molecule has 0 bridgehead atoms. The van der Waals surface area contributed by atoms with Crippen molar-refractivity contribution >= 4 is 0 Å². The first kappa shape index (κ1) is 20.3. The maximum absolute atomic E-state index is 13.3. The van der Waals surface area contributed by atoms with Gasteiger partial charge in [-0.1, -0.05) is 55.8 Å². The third-order valence-electron chi connectivity index (χ3n) is 6.11. The molecular formula is C25H26N6O. The summed E-state index contributed by atoms with van der Waals surface area (Å²) in [6.45, 7) is 2.93. The number of aryl methyl sites for hydroxylation is 2. The van der Waals surface area contributed by atoms with Crippen molar-refractivity contribution in [1.29, 1.82) is 0 Å². The number of tetrazole rings is 1. The molecule has 1 aliphatic heterocycles. The second kappa shape index (κ2) is 8.86. The Bertz CT molecular complexity index is 1280. The van der Waals surface area contributed by atoms with Gasteiger partial charge in [0.05, 0.1) is 5.69 Å². The van der Waals surface area contributed by atoms with E-state index in [1.807, 2.05) is 22.8 Å². The number of hydrogen-bond donors (Lipinski definition) is 1. The summed E-state index contributed by atoms with van der Waals surface area (Å²) in [6.07, 6.45) is 5.38. The normalized spacial score (nSPS) is 12.8. The highest BCUT2D eigenvalue weighted by molar-refractivity contribution is 5.80. The third kappa shape index (κ3) is 3.86. The minimum Gasteiger partial charge on any atom is -0.296 e. The molecule has 0 saturated heterocycles. The number of benzene rings is 2. The number of aromatic nitrogens is 6. The van der Waals surface area contributed by atoms with Crippen LogP contribution in [0.3, 0.4) is 0 Å². The van der Waals surface area contributed by atoms with Crippen LogP contribution in [0.2, 0.25) is 0 Å². The molecule has 0 amide bonds. The molecular weight excluding hydrogens is 400 g/mol. The highest BCUT2D eigenvalue weighted by Gasteiger charge is 2.21. The lowest BCUT2D eigenvalue weighted by Gasteiger charge is -2.14. The van der Waals surface area contributed by atoms with Gasteiger partial charge in [-0.15, -0.1) is 10.2 Å². The van der Waals surface area contributed by atoms with Crippen LogP contribution in [-0.4, -0.2) is 30.2 Å². The monoisotopic (exact) mass is 426 g/mol. The fourth-order valence-electron chi connectivity index (χ4n) is 4.47. The Balaban J connectivity index is 1.58. The van der Waals surface area contributed by atoms with Crippen LogP contribution in [0.25, 0.3) is 22.5 Å². The van der Waals surface area contributed by atoms with E-state index >= 15 is 0 Å². The van der Waals surface area contributed by atoms with Gasteiger partial charge < -0.3 is 0 Å². The number of unbranched alkanes of at least 4 members (excludes halogenated alkanes) is 1. The number of rotatable bonds is 7. The Kier molecular flexibility index (Phi) is 5.62. The van der Waals surface area contributed by atoms with Crippen molar-refractivity contribution in [2.45, 2.75) is 52.0 Å². The van der Waals surface area contributed by atoms with Gasteiger partial charge in [0.2, 0.25) is 5.82 Å². The van der Waals surface area contributed by atoms with Gasteiger partial charge in [-0.3, -0.25) is 9.36 Å². The molecule has 1 N–H and O–H groups in total. The van der Waals surface area contributed by atoms with E-state index in [2.05, 4.69) is 57.9 Å². The second-order valence-electron chi connectivity index (χ2n) is 8.28. The number of aromatic amines is 1. The van der Waals surface area contributed by atoms with Crippen LogP contribution in [0.1, 0.15) is 48.8 Å². The standard InChI is InChI=1S/C25H26N6O/c1-2-3-10-22-21(25(32)31-14-7-11-23(31)26-22)16-17-12-13-19(18-8-5-4-6-9-18)20(15-17)24-27-29-30-28-24/h4-6,8-9,12-13,15H,2-3,7,10-11,14,16H2,1H3,(H,27,28,29,30). The highest BCUT2D eigenvalue weighted by atomic mass is 16.1. The SMILES string of the molecule is CCCCc1nc2n(c(=O)c1Cc1ccc(-c3ccccc3)c(-c3nn[nH]n3)c1)CCC2. The molecule has 5 rings (SSSR count). The van der Waals surface area contributed by atoms with Gasteiger partial charge in [0.1, 0.15) is 5.82 Å². The van der Waals surface area contributed by atoms with E-state index in [0.717, 1.165) is 78.0 Å². The summed E-state index contributed by atoms with van der Waals surface area (Å²) in [5, 5.41) is 14.7. The van der Waals surface area contributed by atoms with E-state index in [-0.39, 0.29) is 5.56 Å². The Morgan fingerprint density at radius 1 is 1.09 bits per heavy atom. The first-order valence-corrected chi connectivity index (χ1v) is 11.3. The molecule has 32 heavy (non-hydrogen) atoms. The number of fused-ring (bicyclic) bond motifs is 1. The van der Waals surface area contributed by atoms with E-state index in [1.165, 1.54) is 0 Å². The highest BCUT2D eigenvalue weighted by Crippen LogP contribution is 2.31. The van der Waals surface area contributed by atoms with Gasteiger partial charge in [0.15, 0.2) is 0 Å². The second-order valence-corrected chi connectivity index (χ2v) is 8.28. The summed E-state index contributed by atoms with van der Waals surface area (Å²) >= 11 is 0. The lowest BCUT2D eigenvalue weighted by molar-refractivity contribution is 0.680. The van der Waals surface area contributed by atoms with Crippen molar-refractivity contribution in [2.75, 3.05) is 0 Å². The molecule has 0 aliphatic carbocycles. The van der Waals surface area contributed by atoms with Crippen LogP contribution in [-0.2, 0) is 25.8 Å². The van der Waals surface area contributed by atoms with E-state index < -0.39 is 0 Å². The molecule has 0 saturated carbocycles. The van der Waals surface area contributed by atoms with Gasteiger partial charge in [0, 0.05) is 30.5 Å². The lowest BCUT2D eigenvalue weighted by Crippen LogP contribution is -2.27. The smallest absolute Gasteiger partial charge is 0.257 e. The third-order valence-corrected chi connectivity index (χ3v) is 6.11. The summed E-state index contributed by atoms with van der Waals surface area (Å²) in [5.74, 6) is 1.48. The van der Waals surface area contributed by atoms with Crippen molar-refractivity contribution < 1.29 is 0 Å². The van der Waals surface area contributed by atoms with Crippen molar-refractivity contribution in [3.8, 4) is 22.5 Å². The molecule has 0 unspecified atom stereocenters. The molecule has 7 nitrogen and oxygen atoms in total. The first-order valence-electron chi connectivity index (χ1n) is 11.3. The van der Waals surface area contributed by atoms with Crippen LogP contribution in [0, 0.1) is 0 Å². The van der Waals surface area contributed by atoms with E-state index in [9.17, 15) is 4.79 Å². The predicted octanol–water partition coefficient (Wildman–Crippen LogP) is 3.97. The summed E-state index contributed by atoms with van der Waals surface area (Å²) in [5.41, 5.74) is 5.94. The van der Waals surface area contributed by atoms with E-state index in [1.54, 1.807) is 0 Å². The molecule has 7 heteroatoms. The number of H-pyrrole nitrogens is 1. The molecule has 1 aliphatic rings. The van der Waals surface area contributed by atoms with Gasteiger partial charge in [-0.2, -0.15) is 5.21 Å². The zero-order valence-electron chi connectivity index (χ0n) is 18.2. The fourth-order valence-corrected chi connectivity index (χ4v) is 4.47. The molecule has 162 valence electrons. The van der Waals surface area contributed by atoms with Crippen molar-refractivity contribution in [2.24, 2.45) is 0 Å². The first-order chi connectivity index (χ1) is 15.7. The molecule has 2 aromatic heterocycles. The minimum absolute atomic E-state index is 0.117. The number of nitrogens with zero attached hydrogens (tertiary/aromatic N) is 5. The molecule has 0 radical (unpaired) electrons. The summed E-state index contributed by atoms with van der Waals surface area (Å²) in [6, 6.07) is 16.4. The maximum atomic E-state index is 13.3. The van der Waals surface area contributed by atoms with Gasteiger partial charge in [-0.05, 0) is 47.2 Å². The van der Waals surface area contributed by atoms with Crippen molar-refractivity contribution in [1.82, 2.24) is 30.2 Å². The molecule has 0 atom stereocenters. The van der Waals surface area contributed by atoms with Gasteiger partial charge in [0.25, 0.3) is 5.56 Å². The van der Waals surface area contributed by atoms with Crippen LogP contribution >= 0.6 is 0 Å². The fraction of sp³-hybridized carbons (Fsp3) is 0.320. The van der Waals surface area contributed by atoms with Gasteiger partial charge >= 0.3 is 0 Å². The Labute approximate surface area is 186 Å². The Morgan fingerprint density at radius 2 is 1.97 bits per heavy atom. The summed E-state index contributed by atoms with van der Waals surface area (Å²) < 4.78 is 1.86. The zero-order chi connectivity index (χ0) is 21.9. The number of hydrogen-bond acceptors (Lipinski definition) is 5. The molecule has 2 aromatic carbocycles. The Hall–Kier alpha value is -3.61. The quantitative estimate of drug-likeness (QED) is 0.483. The van der Waals surface area contributed by atoms with Crippen LogP contribution in [0.5, 0.6) is 0 Å². The lowest BCUT2D eigenvalue weighted by atomic mass is 9.94. The van der Waals surface area contributed by atoms with E-state index in [4.69, 9.17) is 4.98 Å². The summed E-state index contributed by atoms with van der Waals surface area (Å²) in [4.78, 5) is 18.2. The topological polar surface area (TPSA) is 89.4 Å². The molecule has 0 fully saturated rings. The largest absolute Gasteiger partial charge is 0.296 e. The molecule has 0 spiro atoms. The predicted molar refractivity (Wildman–Crippen MR) is 123 cm³/mol.